The van der Waals surface area contributed by atoms with Gasteiger partial charge in [0.05, 0.1) is 6.10 Å². The van der Waals surface area contributed by atoms with Crippen LogP contribution >= 0.6 is 15.9 Å². The third kappa shape index (κ3) is 4.30. The van der Waals surface area contributed by atoms with Crippen molar-refractivity contribution in [2.24, 2.45) is 0 Å². The van der Waals surface area contributed by atoms with E-state index in [0.717, 1.165) is 27.9 Å². The maximum Gasteiger partial charge on any atom is 0.126 e. The third-order valence-corrected chi connectivity index (χ3v) is 3.01. The Morgan fingerprint density at radius 3 is 2.71 bits per heavy atom. The van der Waals surface area contributed by atoms with Crippen LogP contribution in [0.4, 0.5) is 0 Å². The second-order valence-corrected chi connectivity index (χ2v) is 5.01. The van der Waals surface area contributed by atoms with E-state index in [4.69, 9.17) is 9.47 Å². The molecule has 0 amide bonds. The Morgan fingerprint density at radius 1 is 1.41 bits per heavy atom. The van der Waals surface area contributed by atoms with Gasteiger partial charge < -0.3 is 14.8 Å². The fourth-order valence-corrected chi connectivity index (χ4v) is 2.22. The molecule has 0 aliphatic heterocycles. The lowest BCUT2D eigenvalue weighted by molar-refractivity contribution is 0.0710. The largest absolute Gasteiger partial charge is 0.490 e. The van der Waals surface area contributed by atoms with Crippen molar-refractivity contribution < 1.29 is 9.47 Å². The highest BCUT2D eigenvalue weighted by Crippen LogP contribution is 2.28. The van der Waals surface area contributed by atoms with Crippen molar-refractivity contribution in [2.45, 2.75) is 26.5 Å². The quantitative estimate of drug-likeness (QED) is 0.876. The van der Waals surface area contributed by atoms with Crippen LogP contribution < -0.4 is 10.1 Å². The standard InChI is InChI=1S/C13H20BrNO2/c1-9-5-12(14)6-11(7-15-3)13(9)17-8-10(2)16-4/h5-6,10,15H,7-8H2,1-4H3. The number of methoxy groups -OCH3 is 1. The van der Waals surface area contributed by atoms with Gasteiger partial charge in [-0.25, -0.2) is 0 Å². The van der Waals surface area contributed by atoms with Gasteiger partial charge in [0.1, 0.15) is 12.4 Å². The molecule has 1 aromatic carbocycles. The van der Waals surface area contributed by atoms with Crippen LogP contribution in [0.25, 0.3) is 0 Å². The Kier molecular flexibility index (Phi) is 5.95. The lowest BCUT2D eigenvalue weighted by atomic mass is 10.1. The number of nitrogens with one attached hydrogen (secondary N) is 1. The molecule has 96 valence electrons. The van der Waals surface area contributed by atoms with Gasteiger partial charge in [-0.05, 0) is 38.6 Å². The Hall–Kier alpha value is -0.580. The number of benzene rings is 1. The molecule has 0 aromatic heterocycles. The average Bonchev–Trinajstić information content (AvgIpc) is 2.27. The van der Waals surface area contributed by atoms with Crippen LogP contribution in [-0.2, 0) is 11.3 Å². The van der Waals surface area contributed by atoms with Gasteiger partial charge in [-0.3, -0.25) is 0 Å². The van der Waals surface area contributed by atoms with E-state index in [1.807, 2.05) is 14.0 Å². The highest BCUT2D eigenvalue weighted by Gasteiger charge is 2.10. The Bertz CT molecular complexity index is 369. The van der Waals surface area contributed by atoms with E-state index >= 15 is 0 Å². The maximum atomic E-state index is 5.84. The van der Waals surface area contributed by atoms with Gasteiger partial charge in [0.15, 0.2) is 0 Å². The monoisotopic (exact) mass is 301 g/mol. The van der Waals surface area contributed by atoms with Crippen LogP contribution in [0.3, 0.4) is 0 Å². The second kappa shape index (κ2) is 6.99. The average molecular weight is 302 g/mol. The number of halogens is 1. The van der Waals surface area contributed by atoms with Crippen molar-refractivity contribution in [3.63, 3.8) is 0 Å². The van der Waals surface area contributed by atoms with Crippen molar-refractivity contribution in [2.75, 3.05) is 20.8 Å². The molecule has 0 saturated heterocycles. The minimum absolute atomic E-state index is 0.0977. The summed E-state index contributed by atoms with van der Waals surface area (Å²) >= 11 is 3.50. The molecule has 3 nitrogen and oxygen atoms in total. The predicted molar refractivity (Wildman–Crippen MR) is 73.6 cm³/mol. The highest BCUT2D eigenvalue weighted by molar-refractivity contribution is 9.10. The van der Waals surface area contributed by atoms with E-state index in [1.54, 1.807) is 7.11 Å². The zero-order chi connectivity index (χ0) is 12.8. The first-order chi connectivity index (χ1) is 8.08. The molecule has 0 aliphatic carbocycles. The number of rotatable bonds is 6. The SMILES string of the molecule is CNCc1cc(Br)cc(C)c1OCC(C)OC. The molecule has 0 fully saturated rings. The molecular weight excluding hydrogens is 282 g/mol. The van der Waals surface area contributed by atoms with Crippen LogP contribution in [0.15, 0.2) is 16.6 Å². The summed E-state index contributed by atoms with van der Waals surface area (Å²) in [4.78, 5) is 0. The van der Waals surface area contributed by atoms with Gasteiger partial charge in [0, 0.05) is 23.7 Å². The molecule has 0 spiro atoms. The Balaban J connectivity index is 2.87. The summed E-state index contributed by atoms with van der Waals surface area (Å²) in [5.74, 6) is 0.950. The second-order valence-electron chi connectivity index (χ2n) is 4.10. The summed E-state index contributed by atoms with van der Waals surface area (Å²) in [5.41, 5.74) is 2.29. The number of hydrogen-bond donors (Lipinski definition) is 1. The lowest BCUT2D eigenvalue weighted by Gasteiger charge is -2.17. The molecule has 4 heteroatoms. The zero-order valence-corrected chi connectivity index (χ0v) is 12.4. The van der Waals surface area contributed by atoms with Crippen LogP contribution in [0.5, 0.6) is 5.75 Å². The first-order valence-corrected chi connectivity index (χ1v) is 6.47. The third-order valence-electron chi connectivity index (χ3n) is 2.55. The van der Waals surface area contributed by atoms with Crippen molar-refractivity contribution in [1.29, 1.82) is 0 Å². The van der Waals surface area contributed by atoms with Crippen molar-refractivity contribution in [3.8, 4) is 5.75 Å². The molecule has 17 heavy (non-hydrogen) atoms. The molecule has 0 heterocycles. The Morgan fingerprint density at radius 2 is 2.12 bits per heavy atom. The van der Waals surface area contributed by atoms with Crippen LogP contribution in [0.2, 0.25) is 0 Å². The fourth-order valence-electron chi connectivity index (χ4n) is 1.60. The van der Waals surface area contributed by atoms with E-state index in [-0.39, 0.29) is 6.10 Å². The van der Waals surface area contributed by atoms with Gasteiger partial charge in [-0.2, -0.15) is 0 Å². The van der Waals surface area contributed by atoms with Gasteiger partial charge in [-0.15, -0.1) is 0 Å². The molecule has 1 unspecified atom stereocenters. The van der Waals surface area contributed by atoms with Gasteiger partial charge in [0.25, 0.3) is 0 Å². The first-order valence-electron chi connectivity index (χ1n) is 5.67. The van der Waals surface area contributed by atoms with Gasteiger partial charge >= 0.3 is 0 Å². The van der Waals surface area contributed by atoms with Crippen LogP contribution in [0.1, 0.15) is 18.1 Å². The van der Waals surface area contributed by atoms with E-state index in [1.165, 1.54) is 0 Å². The minimum Gasteiger partial charge on any atom is -0.490 e. The fraction of sp³-hybridized carbons (Fsp3) is 0.538. The molecule has 1 rings (SSSR count). The predicted octanol–water partition coefficient (Wildman–Crippen LogP) is 2.89. The summed E-state index contributed by atoms with van der Waals surface area (Å²) in [6, 6.07) is 4.14. The van der Waals surface area contributed by atoms with Crippen LogP contribution in [0, 0.1) is 6.92 Å². The topological polar surface area (TPSA) is 30.5 Å². The smallest absolute Gasteiger partial charge is 0.126 e. The minimum atomic E-state index is 0.0977. The molecule has 1 aromatic rings. The summed E-state index contributed by atoms with van der Waals surface area (Å²) in [5, 5.41) is 3.15. The molecule has 0 aliphatic rings. The first kappa shape index (κ1) is 14.5. The van der Waals surface area contributed by atoms with E-state index in [9.17, 15) is 0 Å². The van der Waals surface area contributed by atoms with Gasteiger partial charge in [0.2, 0.25) is 0 Å². The molecule has 1 N–H and O–H groups in total. The van der Waals surface area contributed by atoms with E-state index in [0.29, 0.717) is 6.61 Å². The Labute approximate surface area is 112 Å². The molecule has 0 bridgehead atoms. The highest BCUT2D eigenvalue weighted by atomic mass is 79.9. The normalized spacial score (nSPS) is 12.5. The summed E-state index contributed by atoms with van der Waals surface area (Å²) < 4.78 is 12.1. The maximum absolute atomic E-state index is 5.84. The molecule has 1 atom stereocenters. The number of aryl methyl sites for hydroxylation is 1. The van der Waals surface area contributed by atoms with Crippen molar-refractivity contribution >= 4 is 15.9 Å². The van der Waals surface area contributed by atoms with Crippen molar-refractivity contribution in [1.82, 2.24) is 5.32 Å². The summed E-state index contributed by atoms with van der Waals surface area (Å²) in [6.07, 6.45) is 0.0977. The lowest BCUT2D eigenvalue weighted by Crippen LogP contribution is -2.18. The van der Waals surface area contributed by atoms with E-state index in [2.05, 4.69) is 40.3 Å². The number of hydrogen-bond acceptors (Lipinski definition) is 3. The van der Waals surface area contributed by atoms with E-state index < -0.39 is 0 Å². The van der Waals surface area contributed by atoms with Gasteiger partial charge in [-0.1, -0.05) is 15.9 Å². The molecule has 0 saturated carbocycles. The molecular formula is C13H20BrNO2. The molecule has 0 radical (unpaired) electrons. The van der Waals surface area contributed by atoms with Crippen LogP contribution in [-0.4, -0.2) is 26.9 Å². The summed E-state index contributed by atoms with van der Waals surface area (Å²) in [6.45, 7) is 5.40. The van der Waals surface area contributed by atoms with Crippen molar-refractivity contribution in [3.05, 3.63) is 27.7 Å². The number of ether oxygens (including phenoxy) is 2. The zero-order valence-electron chi connectivity index (χ0n) is 10.8. The summed E-state index contributed by atoms with van der Waals surface area (Å²) in [7, 11) is 3.62.